The van der Waals surface area contributed by atoms with Crippen LogP contribution in [0, 0.1) is 0 Å². The van der Waals surface area contributed by atoms with Crippen molar-refractivity contribution in [3.8, 4) is 0 Å². The molecule has 0 aliphatic carbocycles. The highest BCUT2D eigenvalue weighted by atomic mass is 16.6. The lowest BCUT2D eigenvalue weighted by Gasteiger charge is -2.11. The van der Waals surface area contributed by atoms with Gasteiger partial charge in [-0.2, -0.15) is 0 Å². The first-order chi connectivity index (χ1) is 8.83. The Kier molecular flexibility index (Phi) is 12.5. The molecule has 1 atom stereocenters. The Bertz CT molecular complexity index is 332. The van der Waals surface area contributed by atoms with Crippen LogP contribution in [0.3, 0.4) is 0 Å². The van der Waals surface area contributed by atoms with Gasteiger partial charge >= 0.3 is 17.9 Å². The van der Waals surface area contributed by atoms with E-state index in [0.717, 1.165) is 0 Å². The van der Waals surface area contributed by atoms with Crippen molar-refractivity contribution in [3.63, 3.8) is 0 Å². The maximum Gasteiger partial charge on any atom is 0.307 e. The zero-order valence-corrected chi connectivity index (χ0v) is 11.7. The van der Waals surface area contributed by atoms with Crippen LogP contribution < -0.4 is 0 Å². The SMILES string of the molecule is C=CC(COC(C)=O)OC(C)=O.CC=COC(C)=O. The van der Waals surface area contributed by atoms with Crippen LogP contribution in [0.2, 0.25) is 0 Å². The number of carbonyl (C=O) groups excluding carboxylic acids is 3. The summed E-state index contributed by atoms with van der Waals surface area (Å²) in [6, 6.07) is 0. The third kappa shape index (κ3) is 18.5. The normalized spacial score (nSPS) is 10.7. The van der Waals surface area contributed by atoms with E-state index in [1.807, 2.05) is 0 Å². The summed E-state index contributed by atoms with van der Waals surface area (Å²) in [4.78, 5) is 30.7. The van der Waals surface area contributed by atoms with Gasteiger partial charge in [-0.15, -0.1) is 0 Å². The number of ether oxygens (including phenoxy) is 3. The molecule has 19 heavy (non-hydrogen) atoms. The zero-order chi connectivity index (χ0) is 15.3. The number of allylic oxidation sites excluding steroid dienone is 1. The van der Waals surface area contributed by atoms with E-state index >= 15 is 0 Å². The molecule has 0 aromatic rings. The van der Waals surface area contributed by atoms with Crippen LogP contribution in [0.4, 0.5) is 0 Å². The molecule has 0 heterocycles. The van der Waals surface area contributed by atoms with Crippen LogP contribution in [0.25, 0.3) is 0 Å². The molecule has 0 fully saturated rings. The summed E-state index contributed by atoms with van der Waals surface area (Å²) in [5, 5.41) is 0. The van der Waals surface area contributed by atoms with Gasteiger partial charge in [0.15, 0.2) is 6.10 Å². The van der Waals surface area contributed by atoms with Gasteiger partial charge in [0, 0.05) is 20.8 Å². The van der Waals surface area contributed by atoms with Gasteiger partial charge in [0.05, 0.1) is 6.26 Å². The second kappa shape index (κ2) is 12.3. The van der Waals surface area contributed by atoms with E-state index in [9.17, 15) is 14.4 Å². The fraction of sp³-hybridized carbons (Fsp3) is 0.462. The first-order valence-corrected chi connectivity index (χ1v) is 5.55. The van der Waals surface area contributed by atoms with Crippen LogP contribution in [-0.4, -0.2) is 30.6 Å². The van der Waals surface area contributed by atoms with Crippen molar-refractivity contribution in [2.45, 2.75) is 33.8 Å². The molecule has 0 saturated heterocycles. The van der Waals surface area contributed by atoms with E-state index in [0.29, 0.717) is 0 Å². The quantitative estimate of drug-likeness (QED) is 0.328. The van der Waals surface area contributed by atoms with Gasteiger partial charge in [-0.25, -0.2) is 0 Å². The third-order valence-corrected chi connectivity index (χ3v) is 1.40. The predicted molar refractivity (Wildman–Crippen MR) is 69.0 cm³/mol. The van der Waals surface area contributed by atoms with E-state index in [1.165, 1.54) is 33.1 Å². The van der Waals surface area contributed by atoms with Crippen LogP contribution >= 0.6 is 0 Å². The maximum absolute atomic E-state index is 10.4. The van der Waals surface area contributed by atoms with Gasteiger partial charge in [0.25, 0.3) is 0 Å². The molecule has 0 aromatic heterocycles. The summed E-state index contributed by atoms with van der Waals surface area (Å²) < 4.78 is 13.7. The average molecular weight is 272 g/mol. The molecule has 108 valence electrons. The largest absolute Gasteiger partial charge is 0.462 e. The highest BCUT2D eigenvalue weighted by molar-refractivity contribution is 5.67. The number of carbonyl (C=O) groups is 3. The Hall–Kier alpha value is -2.11. The molecule has 0 aromatic carbocycles. The number of hydrogen-bond acceptors (Lipinski definition) is 6. The van der Waals surface area contributed by atoms with E-state index < -0.39 is 18.0 Å². The van der Waals surface area contributed by atoms with E-state index in [-0.39, 0.29) is 12.6 Å². The van der Waals surface area contributed by atoms with Crippen LogP contribution in [0.1, 0.15) is 27.7 Å². The van der Waals surface area contributed by atoms with Crippen molar-refractivity contribution in [2.75, 3.05) is 6.61 Å². The van der Waals surface area contributed by atoms with Crippen LogP contribution in [0.5, 0.6) is 0 Å². The lowest BCUT2D eigenvalue weighted by Crippen LogP contribution is -2.21. The fourth-order valence-corrected chi connectivity index (χ4v) is 0.727. The average Bonchev–Trinajstić information content (AvgIpc) is 2.32. The molecule has 1 unspecified atom stereocenters. The van der Waals surface area contributed by atoms with Gasteiger partial charge in [0.1, 0.15) is 6.61 Å². The van der Waals surface area contributed by atoms with Gasteiger partial charge in [-0.3, -0.25) is 14.4 Å². The maximum atomic E-state index is 10.4. The smallest absolute Gasteiger partial charge is 0.307 e. The summed E-state index contributed by atoms with van der Waals surface area (Å²) >= 11 is 0. The third-order valence-electron chi connectivity index (χ3n) is 1.40. The number of hydrogen-bond donors (Lipinski definition) is 0. The fourth-order valence-electron chi connectivity index (χ4n) is 0.727. The molecule has 0 N–H and O–H groups in total. The molecule has 0 rings (SSSR count). The van der Waals surface area contributed by atoms with Crippen molar-refractivity contribution >= 4 is 17.9 Å². The van der Waals surface area contributed by atoms with E-state index in [2.05, 4.69) is 16.1 Å². The lowest BCUT2D eigenvalue weighted by atomic mass is 10.4. The molecule has 0 aliphatic rings. The van der Waals surface area contributed by atoms with Gasteiger partial charge in [-0.1, -0.05) is 12.7 Å². The number of rotatable bonds is 5. The van der Waals surface area contributed by atoms with E-state index in [4.69, 9.17) is 4.74 Å². The van der Waals surface area contributed by atoms with Crippen LogP contribution in [0.15, 0.2) is 25.0 Å². The molecule has 6 nitrogen and oxygen atoms in total. The summed E-state index contributed by atoms with van der Waals surface area (Å²) in [5.74, 6) is -1.11. The minimum atomic E-state index is -0.550. The van der Waals surface area contributed by atoms with Crippen molar-refractivity contribution < 1.29 is 28.6 Å². The highest BCUT2D eigenvalue weighted by Gasteiger charge is 2.08. The Morgan fingerprint density at radius 3 is 1.95 bits per heavy atom. The molecule has 0 amide bonds. The summed E-state index contributed by atoms with van der Waals surface area (Å²) in [7, 11) is 0. The predicted octanol–water partition coefficient (Wildman–Crippen LogP) is 1.75. The minimum absolute atomic E-state index is 0.0262. The van der Waals surface area contributed by atoms with Crippen molar-refractivity contribution in [2.24, 2.45) is 0 Å². The van der Waals surface area contributed by atoms with Crippen LogP contribution in [-0.2, 0) is 28.6 Å². The molecule has 0 aliphatic heterocycles. The monoisotopic (exact) mass is 272 g/mol. The lowest BCUT2D eigenvalue weighted by molar-refractivity contribution is -0.153. The summed E-state index contributed by atoms with van der Waals surface area (Å²) in [6.45, 7) is 9.16. The zero-order valence-electron chi connectivity index (χ0n) is 11.7. The van der Waals surface area contributed by atoms with Gasteiger partial charge < -0.3 is 14.2 Å². The summed E-state index contributed by atoms with van der Waals surface area (Å²) in [6.07, 6.45) is 3.86. The van der Waals surface area contributed by atoms with Gasteiger partial charge in [0.2, 0.25) is 0 Å². The summed E-state index contributed by atoms with van der Waals surface area (Å²) in [5.41, 5.74) is 0. The van der Waals surface area contributed by atoms with E-state index in [1.54, 1.807) is 13.0 Å². The molecule has 0 bridgehead atoms. The topological polar surface area (TPSA) is 78.9 Å². The highest BCUT2D eigenvalue weighted by Crippen LogP contribution is 1.95. The van der Waals surface area contributed by atoms with Crippen molar-refractivity contribution in [1.29, 1.82) is 0 Å². The molecule has 0 spiro atoms. The first kappa shape index (κ1) is 19.2. The minimum Gasteiger partial charge on any atom is -0.462 e. The van der Waals surface area contributed by atoms with Gasteiger partial charge in [-0.05, 0) is 13.0 Å². The second-order valence-corrected chi connectivity index (χ2v) is 3.27. The molecular formula is C13H20O6. The Morgan fingerprint density at radius 1 is 1.11 bits per heavy atom. The Balaban J connectivity index is 0. The Labute approximate surface area is 113 Å². The molecule has 6 heteroatoms. The molecule has 0 radical (unpaired) electrons. The second-order valence-electron chi connectivity index (χ2n) is 3.27. The Morgan fingerprint density at radius 2 is 1.68 bits per heavy atom. The molecular weight excluding hydrogens is 252 g/mol. The molecule has 0 saturated carbocycles. The standard InChI is InChI=1S/C8H12O4.C5H8O2/c1-4-8(12-7(3)10)5-11-6(2)9;1-3-4-7-5(2)6/h4,8H,1,5H2,2-3H3;3-4H,1-2H3. The first-order valence-electron chi connectivity index (χ1n) is 5.55. The number of esters is 3. The van der Waals surface area contributed by atoms with Crippen molar-refractivity contribution in [1.82, 2.24) is 0 Å². The van der Waals surface area contributed by atoms with Crippen molar-refractivity contribution in [3.05, 3.63) is 25.0 Å².